The van der Waals surface area contributed by atoms with Crippen LogP contribution < -0.4 is 11.1 Å². The number of fused-ring (bicyclic) bond motifs is 1. The normalized spacial score (nSPS) is 11.9. The lowest BCUT2D eigenvalue weighted by Crippen LogP contribution is -2.35. The molecule has 1 aromatic heterocycles. The van der Waals surface area contributed by atoms with Crippen LogP contribution in [0, 0.1) is 0 Å². The van der Waals surface area contributed by atoms with Gasteiger partial charge in [0.2, 0.25) is 0 Å². The summed E-state index contributed by atoms with van der Waals surface area (Å²) in [6.45, 7) is 6.75. The Morgan fingerprint density at radius 1 is 1.42 bits per heavy atom. The molecule has 0 aliphatic heterocycles. The van der Waals surface area contributed by atoms with E-state index in [4.69, 9.17) is 4.42 Å². The molecule has 19 heavy (non-hydrogen) atoms. The number of oxazole rings is 1. The molecule has 0 aliphatic carbocycles. The smallest absolute Gasteiger partial charge is 0.408 e. The quantitative estimate of drug-likeness (QED) is 0.857. The van der Waals surface area contributed by atoms with Crippen LogP contribution in [0.15, 0.2) is 27.4 Å². The van der Waals surface area contributed by atoms with Crippen LogP contribution in [0.25, 0.3) is 11.1 Å². The van der Waals surface area contributed by atoms with Crippen molar-refractivity contribution in [3.8, 4) is 0 Å². The zero-order valence-corrected chi connectivity index (χ0v) is 11.4. The second kappa shape index (κ2) is 5.01. The molecule has 0 saturated heterocycles. The summed E-state index contributed by atoms with van der Waals surface area (Å²) in [5.74, 6) is -0.331. The Bertz CT molecular complexity index is 652. The minimum atomic E-state index is -0.445. The molecule has 0 aliphatic rings. The monoisotopic (exact) mass is 262 g/mol. The van der Waals surface area contributed by atoms with E-state index in [-0.39, 0.29) is 11.2 Å². The lowest BCUT2D eigenvalue weighted by molar-refractivity contribution is -0.116. The van der Waals surface area contributed by atoms with Gasteiger partial charge in [0.1, 0.15) is 5.78 Å². The van der Waals surface area contributed by atoms with Gasteiger partial charge in [-0.1, -0.05) is 19.9 Å². The zero-order valence-electron chi connectivity index (χ0n) is 11.4. The van der Waals surface area contributed by atoms with E-state index >= 15 is 0 Å². The van der Waals surface area contributed by atoms with Gasteiger partial charge in [0.25, 0.3) is 0 Å². The predicted octanol–water partition coefficient (Wildman–Crippen LogP) is 1.58. The first-order chi connectivity index (χ1) is 8.88. The van der Waals surface area contributed by atoms with Gasteiger partial charge < -0.3 is 9.73 Å². The van der Waals surface area contributed by atoms with Crippen molar-refractivity contribution >= 4 is 16.9 Å². The molecule has 0 atom stereocenters. The van der Waals surface area contributed by atoms with Crippen molar-refractivity contribution in [3.63, 3.8) is 0 Å². The van der Waals surface area contributed by atoms with Crippen molar-refractivity contribution < 1.29 is 9.21 Å². The first kappa shape index (κ1) is 13.5. The van der Waals surface area contributed by atoms with Crippen LogP contribution >= 0.6 is 0 Å². The fourth-order valence-corrected chi connectivity index (χ4v) is 2.02. The van der Waals surface area contributed by atoms with E-state index < -0.39 is 5.76 Å². The molecule has 0 spiro atoms. The van der Waals surface area contributed by atoms with Gasteiger partial charge in [0, 0.05) is 12.0 Å². The summed E-state index contributed by atoms with van der Waals surface area (Å²) in [6.07, 6.45) is 0. The average Bonchev–Trinajstić information content (AvgIpc) is 2.67. The van der Waals surface area contributed by atoms with Crippen molar-refractivity contribution in [1.82, 2.24) is 10.3 Å². The molecule has 0 radical (unpaired) electrons. The molecule has 2 rings (SSSR count). The molecule has 0 amide bonds. The standard InChI is InChI=1S/C14H18N2O3/c1-9(17)7-15-8-14(2,3)10-4-5-11-12(6-10)19-13(18)16-11/h4-6,15H,7-8H2,1-3H3,(H,16,18). The highest BCUT2D eigenvalue weighted by Crippen LogP contribution is 2.25. The van der Waals surface area contributed by atoms with Crippen molar-refractivity contribution in [2.75, 3.05) is 13.1 Å². The van der Waals surface area contributed by atoms with Gasteiger partial charge >= 0.3 is 5.76 Å². The Labute approximate surface area is 111 Å². The molecular formula is C14H18N2O3. The summed E-state index contributed by atoms with van der Waals surface area (Å²) in [5, 5.41) is 3.13. The number of H-pyrrole nitrogens is 1. The van der Waals surface area contributed by atoms with Crippen LogP contribution in [0.2, 0.25) is 0 Å². The van der Waals surface area contributed by atoms with E-state index in [0.717, 1.165) is 5.56 Å². The van der Waals surface area contributed by atoms with Crippen LogP contribution in [0.1, 0.15) is 26.3 Å². The highest BCUT2D eigenvalue weighted by Gasteiger charge is 2.21. The summed E-state index contributed by atoms with van der Waals surface area (Å²) < 4.78 is 5.06. The Morgan fingerprint density at radius 3 is 2.84 bits per heavy atom. The van der Waals surface area contributed by atoms with Crippen LogP contribution in [-0.4, -0.2) is 23.9 Å². The van der Waals surface area contributed by atoms with E-state index in [1.807, 2.05) is 18.2 Å². The van der Waals surface area contributed by atoms with E-state index in [9.17, 15) is 9.59 Å². The van der Waals surface area contributed by atoms with Gasteiger partial charge in [-0.25, -0.2) is 4.79 Å². The minimum absolute atomic E-state index is 0.114. The summed E-state index contributed by atoms with van der Waals surface area (Å²) in [6, 6.07) is 5.66. The van der Waals surface area contributed by atoms with Gasteiger partial charge in [0.15, 0.2) is 5.58 Å². The summed E-state index contributed by atoms with van der Waals surface area (Å²) in [5.41, 5.74) is 2.15. The van der Waals surface area contributed by atoms with Gasteiger partial charge in [-0.3, -0.25) is 9.78 Å². The van der Waals surface area contributed by atoms with Crippen LogP contribution in [0.3, 0.4) is 0 Å². The maximum absolute atomic E-state index is 11.1. The number of nitrogens with one attached hydrogen (secondary N) is 2. The molecule has 0 unspecified atom stereocenters. The van der Waals surface area contributed by atoms with E-state index in [0.29, 0.717) is 24.2 Å². The number of carbonyl (C=O) groups is 1. The van der Waals surface area contributed by atoms with Crippen molar-refractivity contribution in [1.29, 1.82) is 0 Å². The third-order valence-corrected chi connectivity index (χ3v) is 3.14. The number of rotatable bonds is 5. The number of hydrogen-bond donors (Lipinski definition) is 2. The molecule has 5 nitrogen and oxygen atoms in total. The number of hydrogen-bond acceptors (Lipinski definition) is 4. The number of aromatic amines is 1. The molecule has 2 N–H and O–H groups in total. The fourth-order valence-electron chi connectivity index (χ4n) is 2.02. The second-order valence-electron chi connectivity index (χ2n) is 5.41. The maximum Gasteiger partial charge on any atom is 0.417 e. The van der Waals surface area contributed by atoms with Gasteiger partial charge in [-0.2, -0.15) is 0 Å². The molecule has 0 bridgehead atoms. The largest absolute Gasteiger partial charge is 0.417 e. The number of aromatic nitrogens is 1. The fraction of sp³-hybridized carbons (Fsp3) is 0.429. The summed E-state index contributed by atoms with van der Waals surface area (Å²) in [4.78, 5) is 24.7. The SMILES string of the molecule is CC(=O)CNCC(C)(C)c1ccc2[nH]c(=O)oc2c1. The second-order valence-corrected chi connectivity index (χ2v) is 5.41. The average molecular weight is 262 g/mol. The highest BCUT2D eigenvalue weighted by molar-refractivity contribution is 5.77. The van der Waals surface area contributed by atoms with Gasteiger partial charge in [-0.05, 0) is 24.6 Å². The molecular weight excluding hydrogens is 244 g/mol. The number of ketones is 1. The van der Waals surface area contributed by atoms with Gasteiger partial charge in [0.05, 0.1) is 12.1 Å². The van der Waals surface area contributed by atoms with Crippen molar-refractivity contribution in [3.05, 3.63) is 34.3 Å². The Kier molecular flexibility index (Phi) is 3.57. The van der Waals surface area contributed by atoms with E-state index in [1.54, 1.807) is 6.92 Å². The molecule has 102 valence electrons. The first-order valence-corrected chi connectivity index (χ1v) is 6.22. The zero-order chi connectivity index (χ0) is 14.0. The number of Topliss-reactive ketones (excluding diaryl/α,β-unsaturated/α-hetero) is 1. The van der Waals surface area contributed by atoms with E-state index in [2.05, 4.69) is 24.1 Å². The molecule has 2 aromatic rings. The van der Waals surface area contributed by atoms with Gasteiger partial charge in [-0.15, -0.1) is 0 Å². The third-order valence-electron chi connectivity index (χ3n) is 3.14. The van der Waals surface area contributed by atoms with Crippen molar-refractivity contribution in [2.24, 2.45) is 0 Å². The molecule has 0 saturated carbocycles. The van der Waals surface area contributed by atoms with Crippen LogP contribution in [0.4, 0.5) is 0 Å². The lowest BCUT2D eigenvalue weighted by Gasteiger charge is -2.25. The lowest BCUT2D eigenvalue weighted by atomic mass is 9.84. The van der Waals surface area contributed by atoms with E-state index in [1.165, 1.54) is 0 Å². The number of carbonyl (C=O) groups excluding carboxylic acids is 1. The third kappa shape index (κ3) is 3.12. The topological polar surface area (TPSA) is 75.1 Å². The highest BCUT2D eigenvalue weighted by atomic mass is 16.4. The summed E-state index contributed by atoms with van der Waals surface area (Å²) in [7, 11) is 0. The van der Waals surface area contributed by atoms with Crippen LogP contribution in [-0.2, 0) is 10.2 Å². The number of benzene rings is 1. The van der Waals surface area contributed by atoms with Crippen LogP contribution in [0.5, 0.6) is 0 Å². The van der Waals surface area contributed by atoms with Crippen molar-refractivity contribution in [2.45, 2.75) is 26.2 Å². The molecule has 0 fully saturated rings. The predicted molar refractivity (Wildman–Crippen MR) is 73.4 cm³/mol. The maximum atomic E-state index is 11.1. The molecule has 1 heterocycles. The Morgan fingerprint density at radius 2 is 2.16 bits per heavy atom. The summed E-state index contributed by atoms with van der Waals surface area (Å²) >= 11 is 0. The Hall–Kier alpha value is -1.88. The molecule has 1 aromatic carbocycles. The Balaban J connectivity index is 2.21. The first-order valence-electron chi connectivity index (χ1n) is 6.22. The minimum Gasteiger partial charge on any atom is -0.408 e. The molecule has 5 heteroatoms.